The fourth-order valence-electron chi connectivity index (χ4n) is 1.47. The van der Waals surface area contributed by atoms with Crippen LogP contribution in [0, 0.1) is 0 Å². The van der Waals surface area contributed by atoms with Crippen LogP contribution in [0.25, 0.3) is 0 Å². The monoisotopic (exact) mass is 145 g/mol. The van der Waals surface area contributed by atoms with Gasteiger partial charge < -0.3 is 5.32 Å². The van der Waals surface area contributed by atoms with E-state index in [4.69, 9.17) is 0 Å². The second-order valence-electron chi connectivity index (χ2n) is 3.32. The molecule has 10 heavy (non-hydrogen) atoms. The van der Waals surface area contributed by atoms with Crippen LogP contribution < -0.4 is 5.32 Å². The first kappa shape index (κ1) is 7.99. The predicted octanol–water partition coefficient (Wildman–Crippen LogP) is 1.88. The van der Waals surface area contributed by atoms with Crippen LogP contribution >= 0.6 is 0 Å². The molecule has 0 bridgehead atoms. The zero-order valence-electron chi connectivity index (χ0n) is 6.78. The lowest BCUT2D eigenvalue weighted by Gasteiger charge is -2.37. The van der Waals surface area contributed by atoms with E-state index >= 15 is 0 Å². The third kappa shape index (κ3) is 1.48. The Labute approximate surface area is 62.0 Å². The van der Waals surface area contributed by atoms with Gasteiger partial charge in [0.2, 0.25) is 0 Å². The largest absolute Gasteiger partial charge is 0.311 e. The lowest BCUT2D eigenvalue weighted by atomic mass is 9.87. The number of rotatable bonds is 3. The summed E-state index contributed by atoms with van der Waals surface area (Å²) in [6.07, 6.45) is 2.63. The van der Waals surface area contributed by atoms with Gasteiger partial charge in [0.15, 0.2) is 0 Å². The molecule has 0 aromatic rings. The fraction of sp³-hybridized carbons (Fsp3) is 1.00. The van der Waals surface area contributed by atoms with Crippen molar-refractivity contribution in [3.05, 3.63) is 0 Å². The average Bonchev–Trinajstić information content (AvgIpc) is 1.56. The molecule has 1 nitrogen and oxygen atoms in total. The van der Waals surface area contributed by atoms with Gasteiger partial charge in [0, 0.05) is 6.04 Å². The molecule has 1 saturated heterocycles. The first-order valence-electron chi connectivity index (χ1n) is 4.09. The van der Waals surface area contributed by atoms with Crippen molar-refractivity contribution in [3.63, 3.8) is 0 Å². The number of alkyl halides is 1. The van der Waals surface area contributed by atoms with E-state index in [-0.39, 0.29) is 6.04 Å². The van der Waals surface area contributed by atoms with Gasteiger partial charge in [-0.2, -0.15) is 0 Å². The van der Waals surface area contributed by atoms with E-state index in [1.165, 1.54) is 0 Å². The molecule has 1 aliphatic heterocycles. The molecule has 0 aliphatic carbocycles. The van der Waals surface area contributed by atoms with Gasteiger partial charge >= 0.3 is 0 Å². The summed E-state index contributed by atoms with van der Waals surface area (Å²) in [7, 11) is 0. The van der Waals surface area contributed by atoms with Gasteiger partial charge in [-0.15, -0.1) is 0 Å². The fourth-order valence-corrected chi connectivity index (χ4v) is 1.47. The first-order valence-corrected chi connectivity index (χ1v) is 4.09. The van der Waals surface area contributed by atoms with Crippen LogP contribution in [0.1, 0.15) is 33.1 Å². The van der Waals surface area contributed by atoms with Crippen LogP contribution in [0.4, 0.5) is 4.39 Å². The average molecular weight is 145 g/mol. The minimum Gasteiger partial charge on any atom is -0.311 e. The summed E-state index contributed by atoms with van der Waals surface area (Å²) >= 11 is 0. The van der Waals surface area contributed by atoms with Crippen LogP contribution in [0.15, 0.2) is 0 Å². The van der Waals surface area contributed by atoms with E-state index in [2.05, 4.69) is 5.32 Å². The summed E-state index contributed by atoms with van der Waals surface area (Å²) in [4.78, 5) is 0. The molecule has 2 atom stereocenters. The third-order valence-corrected chi connectivity index (χ3v) is 2.29. The molecule has 1 heterocycles. The number of nitrogens with one attached hydrogen (secondary N) is 1. The van der Waals surface area contributed by atoms with Crippen LogP contribution in [0.3, 0.4) is 0 Å². The molecule has 60 valence electrons. The maximum atomic E-state index is 13.5. The van der Waals surface area contributed by atoms with E-state index in [9.17, 15) is 4.39 Å². The van der Waals surface area contributed by atoms with Crippen molar-refractivity contribution in [2.75, 3.05) is 6.54 Å². The van der Waals surface area contributed by atoms with Crippen molar-refractivity contribution in [2.24, 2.45) is 0 Å². The van der Waals surface area contributed by atoms with Crippen molar-refractivity contribution in [1.82, 2.24) is 5.32 Å². The van der Waals surface area contributed by atoms with E-state index in [0.29, 0.717) is 6.42 Å². The first-order chi connectivity index (χ1) is 4.67. The maximum Gasteiger partial charge on any atom is 0.123 e. The van der Waals surface area contributed by atoms with Gasteiger partial charge in [-0.1, -0.05) is 13.3 Å². The van der Waals surface area contributed by atoms with Crippen molar-refractivity contribution in [1.29, 1.82) is 0 Å². The minimum absolute atomic E-state index is 0.132. The lowest BCUT2D eigenvalue weighted by molar-refractivity contribution is 0.0776. The summed E-state index contributed by atoms with van der Waals surface area (Å²) in [5, 5.41) is 3.10. The molecule has 0 aromatic heterocycles. The quantitative estimate of drug-likeness (QED) is 0.639. The summed E-state index contributed by atoms with van der Waals surface area (Å²) in [6, 6.07) is 0.132. The molecule has 1 N–H and O–H groups in total. The van der Waals surface area contributed by atoms with Crippen molar-refractivity contribution < 1.29 is 4.39 Å². The summed E-state index contributed by atoms with van der Waals surface area (Å²) in [5.41, 5.74) is -0.965. The summed E-state index contributed by atoms with van der Waals surface area (Å²) in [5.74, 6) is 0. The maximum absolute atomic E-state index is 13.5. The molecule has 1 fully saturated rings. The molecule has 0 aromatic carbocycles. The van der Waals surface area contributed by atoms with Gasteiger partial charge in [-0.25, -0.2) is 4.39 Å². The highest BCUT2D eigenvalue weighted by atomic mass is 19.1. The number of hydrogen-bond donors (Lipinski definition) is 1. The van der Waals surface area contributed by atoms with E-state index < -0.39 is 5.67 Å². The Hall–Kier alpha value is -0.110. The topological polar surface area (TPSA) is 12.0 Å². The summed E-state index contributed by atoms with van der Waals surface area (Å²) in [6.45, 7) is 4.72. The minimum atomic E-state index is -0.965. The Bertz CT molecular complexity index is 108. The Kier molecular flexibility index (Phi) is 2.29. The Morgan fingerprint density at radius 1 is 1.70 bits per heavy atom. The van der Waals surface area contributed by atoms with Crippen LogP contribution in [0.5, 0.6) is 0 Å². The van der Waals surface area contributed by atoms with Gasteiger partial charge in [0.1, 0.15) is 5.67 Å². The van der Waals surface area contributed by atoms with Crippen LogP contribution in [-0.4, -0.2) is 18.3 Å². The molecular weight excluding hydrogens is 129 g/mol. The number of halogens is 1. The predicted molar refractivity (Wildman–Crippen MR) is 40.8 cm³/mol. The Balaban J connectivity index is 2.33. The molecule has 0 spiro atoms. The van der Waals surface area contributed by atoms with Gasteiger partial charge in [0.25, 0.3) is 0 Å². The van der Waals surface area contributed by atoms with Gasteiger partial charge in [-0.05, 0) is 26.3 Å². The van der Waals surface area contributed by atoms with Crippen molar-refractivity contribution in [3.8, 4) is 0 Å². The number of hydrogen-bond acceptors (Lipinski definition) is 1. The smallest absolute Gasteiger partial charge is 0.123 e. The molecule has 1 rings (SSSR count). The highest BCUT2D eigenvalue weighted by Crippen LogP contribution is 2.27. The standard InChI is InChI=1S/C8H16FN/c1-3-5-8(2,9)7-4-6-10-7/h7,10H,3-6H2,1-2H3. The second kappa shape index (κ2) is 2.87. The van der Waals surface area contributed by atoms with Gasteiger partial charge in [0.05, 0.1) is 0 Å². The zero-order chi connectivity index (χ0) is 7.61. The second-order valence-corrected chi connectivity index (χ2v) is 3.32. The summed E-state index contributed by atoms with van der Waals surface area (Å²) < 4.78 is 13.5. The SMILES string of the molecule is CCCC(C)(F)C1CCN1. The molecule has 0 amide bonds. The highest BCUT2D eigenvalue weighted by Gasteiger charge is 2.36. The molecule has 2 unspecified atom stereocenters. The Morgan fingerprint density at radius 2 is 2.30 bits per heavy atom. The van der Waals surface area contributed by atoms with E-state index in [1.807, 2.05) is 6.92 Å². The van der Waals surface area contributed by atoms with E-state index in [0.717, 1.165) is 19.4 Å². The van der Waals surface area contributed by atoms with Gasteiger partial charge in [-0.3, -0.25) is 0 Å². The highest BCUT2D eigenvalue weighted by molar-refractivity contribution is 4.93. The molecule has 1 aliphatic rings. The van der Waals surface area contributed by atoms with E-state index in [1.54, 1.807) is 6.92 Å². The van der Waals surface area contributed by atoms with Crippen molar-refractivity contribution in [2.45, 2.75) is 44.8 Å². The van der Waals surface area contributed by atoms with Crippen LogP contribution in [0.2, 0.25) is 0 Å². The Morgan fingerprint density at radius 3 is 2.60 bits per heavy atom. The molecule has 2 heteroatoms. The normalized spacial score (nSPS) is 30.9. The molecular formula is C8H16FN. The van der Waals surface area contributed by atoms with Crippen LogP contribution in [-0.2, 0) is 0 Å². The molecule has 0 saturated carbocycles. The molecule has 0 radical (unpaired) electrons. The van der Waals surface area contributed by atoms with Crippen molar-refractivity contribution >= 4 is 0 Å². The lowest BCUT2D eigenvalue weighted by Crippen LogP contribution is -2.55. The zero-order valence-corrected chi connectivity index (χ0v) is 6.78. The third-order valence-electron chi connectivity index (χ3n) is 2.29.